The van der Waals surface area contributed by atoms with Crippen molar-refractivity contribution in [2.75, 3.05) is 13.7 Å². The highest BCUT2D eigenvalue weighted by Crippen LogP contribution is 2.29. The molecule has 4 nitrogen and oxygen atoms in total. The number of hydrogen-bond donors (Lipinski definition) is 1. The van der Waals surface area contributed by atoms with Crippen LogP contribution in [0.15, 0.2) is 34.5 Å². The van der Waals surface area contributed by atoms with Crippen LogP contribution in [0.1, 0.15) is 0 Å². The van der Waals surface area contributed by atoms with Gasteiger partial charge in [0.05, 0.1) is 11.6 Å². The van der Waals surface area contributed by atoms with Crippen molar-refractivity contribution in [1.82, 2.24) is 0 Å². The van der Waals surface area contributed by atoms with Crippen LogP contribution in [-0.4, -0.2) is 24.8 Å². The summed E-state index contributed by atoms with van der Waals surface area (Å²) in [7, 11) is 1.46. The molecule has 0 heterocycles. The first-order valence-electron chi connectivity index (χ1n) is 4.60. The first-order chi connectivity index (χ1) is 8.04. The molecule has 0 aliphatic heterocycles. The highest BCUT2D eigenvalue weighted by Gasteiger charge is 2.12. The molecule has 92 valence electrons. The summed E-state index contributed by atoms with van der Waals surface area (Å²) < 4.78 is 10.7. The lowest BCUT2D eigenvalue weighted by atomic mass is 10.3. The molecule has 0 unspecified atom stereocenters. The average molecular weight is 322 g/mol. The van der Waals surface area contributed by atoms with E-state index in [1.54, 1.807) is 18.2 Å². The molecule has 0 fully saturated rings. The number of ether oxygens (including phenoxy) is 2. The SMILES string of the molecule is COCC=C(Oc1cc(Br)ccc1Cl)C(=O)O. The van der Waals surface area contributed by atoms with E-state index in [0.717, 1.165) is 4.47 Å². The molecule has 6 heteroatoms. The lowest BCUT2D eigenvalue weighted by Crippen LogP contribution is -2.09. The van der Waals surface area contributed by atoms with Crippen molar-refractivity contribution in [3.05, 3.63) is 39.5 Å². The molecule has 1 N–H and O–H groups in total. The Kier molecular flexibility index (Phi) is 5.47. The van der Waals surface area contributed by atoms with Gasteiger partial charge in [0, 0.05) is 11.6 Å². The number of carbonyl (C=O) groups is 1. The third kappa shape index (κ3) is 4.38. The minimum absolute atomic E-state index is 0.146. The smallest absolute Gasteiger partial charge is 0.371 e. The van der Waals surface area contributed by atoms with E-state index in [-0.39, 0.29) is 18.1 Å². The maximum Gasteiger partial charge on any atom is 0.371 e. The summed E-state index contributed by atoms with van der Waals surface area (Å²) >= 11 is 9.13. The molecule has 0 spiro atoms. The number of halogens is 2. The molecular formula is C11H10BrClO4. The summed E-state index contributed by atoms with van der Waals surface area (Å²) in [5.74, 6) is -1.14. The minimum atomic E-state index is -1.18. The predicted octanol–water partition coefficient (Wildman–Crippen LogP) is 3.10. The van der Waals surface area contributed by atoms with Crippen molar-refractivity contribution in [2.45, 2.75) is 0 Å². The summed E-state index contributed by atoms with van der Waals surface area (Å²) in [5, 5.41) is 9.25. The maximum atomic E-state index is 10.9. The van der Waals surface area contributed by atoms with Crippen LogP contribution in [0.3, 0.4) is 0 Å². The van der Waals surface area contributed by atoms with Crippen molar-refractivity contribution in [3.8, 4) is 5.75 Å². The molecule has 0 saturated carbocycles. The topological polar surface area (TPSA) is 55.8 Å². The fourth-order valence-corrected chi connectivity index (χ4v) is 1.50. The molecule has 17 heavy (non-hydrogen) atoms. The van der Waals surface area contributed by atoms with Crippen molar-refractivity contribution < 1.29 is 19.4 Å². The lowest BCUT2D eigenvalue weighted by Gasteiger charge is -2.08. The Morgan fingerprint density at radius 1 is 1.59 bits per heavy atom. The number of hydrogen-bond acceptors (Lipinski definition) is 3. The highest BCUT2D eigenvalue weighted by molar-refractivity contribution is 9.10. The van der Waals surface area contributed by atoms with Crippen LogP contribution in [0.4, 0.5) is 0 Å². The summed E-state index contributed by atoms with van der Waals surface area (Å²) in [5.41, 5.74) is 0. The molecule has 0 bridgehead atoms. The number of carboxylic acid groups (broad SMARTS) is 1. The van der Waals surface area contributed by atoms with Gasteiger partial charge in [0.1, 0.15) is 5.75 Å². The fraction of sp³-hybridized carbons (Fsp3) is 0.182. The molecule has 1 rings (SSSR count). The van der Waals surface area contributed by atoms with Crippen LogP contribution >= 0.6 is 27.5 Å². The van der Waals surface area contributed by atoms with E-state index in [2.05, 4.69) is 15.9 Å². The zero-order valence-electron chi connectivity index (χ0n) is 8.94. The number of aliphatic carboxylic acids is 1. The summed E-state index contributed by atoms with van der Waals surface area (Å²) in [6, 6.07) is 4.93. The van der Waals surface area contributed by atoms with Crippen molar-refractivity contribution in [2.24, 2.45) is 0 Å². The second-order valence-electron chi connectivity index (χ2n) is 3.01. The van der Waals surface area contributed by atoms with Gasteiger partial charge in [-0.1, -0.05) is 27.5 Å². The van der Waals surface area contributed by atoms with Gasteiger partial charge < -0.3 is 14.6 Å². The molecule has 0 saturated heterocycles. The van der Waals surface area contributed by atoms with Gasteiger partial charge >= 0.3 is 5.97 Å². The molecule has 0 aliphatic rings. The molecular weight excluding hydrogens is 311 g/mol. The Morgan fingerprint density at radius 2 is 2.29 bits per heavy atom. The molecule has 1 aromatic rings. The maximum absolute atomic E-state index is 10.9. The third-order valence-corrected chi connectivity index (χ3v) is 2.56. The Labute approximate surface area is 112 Å². The van der Waals surface area contributed by atoms with Gasteiger partial charge in [0.2, 0.25) is 5.76 Å². The van der Waals surface area contributed by atoms with E-state index in [9.17, 15) is 4.79 Å². The third-order valence-electron chi connectivity index (χ3n) is 1.76. The van der Waals surface area contributed by atoms with Gasteiger partial charge in [-0.05, 0) is 24.3 Å². The van der Waals surface area contributed by atoms with Crippen molar-refractivity contribution in [3.63, 3.8) is 0 Å². The zero-order valence-corrected chi connectivity index (χ0v) is 11.3. The van der Waals surface area contributed by atoms with Gasteiger partial charge in [0.25, 0.3) is 0 Å². The van der Waals surface area contributed by atoms with E-state index >= 15 is 0 Å². The quantitative estimate of drug-likeness (QED) is 0.669. The van der Waals surface area contributed by atoms with E-state index in [1.807, 2.05) is 0 Å². The minimum Gasteiger partial charge on any atom is -0.475 e. The number of methoxy groups -OCH3 is 1. The molecule has 0 aliphatic carbocycles. The van der Waals surface area contributed by atoms with Crippen LogP contribution in [-0.2, 0) is 9.53 Å². The molecule has 0 aromatic heterocycles. The summed E-state index contributed by atoms with van der Waals surface area (Å²) in [6.07, 6.45) is 1.32. The number of carboxylic acids is 1. The average Bonchev–Trinajstić information content (AvgIpc) is 2.28. The normalized spacial score (nSPS) is 11.4. The second kappa shape index (κ2) is 6.64. The first kappa shape index (κ1) is 14.0. The molecule has 0 radical (unpaired) electrons. The van der Waals surface area contributed by atoms with Crippen LogP contribution in [0, 0.1) is 0 Å². The van der Waals surface area contributed by atoms with Crippen LogP contribution < -0.4 is 4.74 Å². The van der Waals surface area contributed by atoms with Gasteiger partial charge in [-0.3, -0.25) is 0 Å². The summed E-state index contributed by atoms with van der Waals surface area (Å²) in [4.78, 5) is 10.9. The van der Waals surface area contributed by atoms with Gasteiger partial charge in [-0.2, -0.15) is 0 Å². The lowest BCUT2D eigenvalue weighted by molar-refractivity contribution is -0.135. The van der Waals surface area contributed by atoms with Crippen molar-refractivity contribution >= 4 is 33.5 Å². The molecule has 0 amide bonds. The van der Waals surface area contributed by atoms with Crippen molar-refractivity contribution in [1.29, 1.82) is 0 Å². The van der Waals surface area contributed by atoms with Gasteiger partial charge in [-0.15, -0.1) is 0 Å². The molecule has 1 aromatic carbocycles. The van der Waals surface area contributed by atoms with Crippen LogP contribution in [0.5, 0.6) is 5.75 Å². The van der Waals surface area contributed by atoms with Gasteiger partial charge in [0.15, 0.2) is 0 Å². The Balaban J connectivity index is 2.93. The highest BCUT2D eigenvalue weighted by atomic mass is 79.9. The second-order valence-corrected chi connectivity index (χ2v) is 4.33. The Morgan fingerprint density at radius 3 is 2.88 bits per heavy atom. The zero-order chi connectivity index (χ0) is 12.8. The van der Waals surface area contributed by atoms with Gasteiger partial charge in [-0.25, -0.2) is 4.79 Å². The largest absolute Gasteiger partial charge is 0.475 e. The van der Waals surface area contributed by atoms with E-state index in [0.29, 0.717) is 5.02 Å². The summed E-state index contributed by atoms with van der Waals surface area (Å²) in [6.45, 7) is 0.146. The standard InChI is InChI=1S/C11H10BrClO4/c1-16-5-4-9(11(14)15)17-10-6-7(12)2-3-8(10)13/h2-4,6H,5H2,1H3,(H,14,15). The predicted molar refractivity (Wildman–Crippen MR) is 67.4 cm³/mol. The number of rotatable bonds is 5. The van der Waals surface area contributed by atoms with E-state index in [1.165, 1.54) is 13.2 Å². The van der Waals surface area contributed by atoms with E-state index in [4.69, 9.17) is 26.2 Å². The van der Waals surface area contributed by atoms with Crippen LogP contribution in [0.25, 0.3) is 0 Å². The molecule has 0 atom stereocenters. The van der Waals surface area contributed by atoms with E-state index < -0.39 is 5.97 Å². The Bertz CT molecular complexity index is 445. The fourth-order valence-electron chi connectivity index (χ4n) is 1.01. The Hall–Kier alpha value is -1.04. The monoisotopic (exact) mass is 320 g/mol. The van der Waals surface area contributed by atoms with Crippen LogP contribution in [0.2, 0.25) is 5.02 Å². The first-order valence-corrected chi connectivity index (χ1v) is 5.77. The number of benzene rings is 1.